The molecule has 0 radical (unpaired) electrons. The Morgan fingerprint density at radius 3 is 2.47 bits per heavy atom. The number of ether oxygens (including phenoxy) is 1. The predicted molar refractivity (Wildman–Crippen MR) is 121 cm³/mol. The molecule has 1 fully saturated rings. The summed E-state index contributed by atoms with van der Waals surface area (Å²) in [5, 5.41) is 6.78. The second-order valence-electron chi connectivity index (χ2n) is 7.07. The van der Waals surface area contributed by atoms with Gasteiger partial charge in [0.1, 0.15) is 10.8 Å². The molecule has 1 aliphatic heterocycles. The summed E-state index contributed by atoms with van der Waals surface area (Å²) in [5.41, 5.74) is 2.90. The molecule has 0 spiro atoms. The molecule has 2 heterocycles. The number of methoxy groups -OCH3 is 1. The van der Waals surface area contributed by atoms with Gasteiger partial charge in [0.2, 0.25) is 0 Å². The van der Waals surface area contributed by atoms with Crippen molar-refractivity contribution >= 4 is 34.7 Å². The highest BCUT2D eigenvalue weighted by molar-refractivity contribution is 7.13. The predicted octanol–water partition coefficient (Wildman–Crippen LogP) is 4.82. The van der Waals surface area contributed by atoms with Gasteiger partial charge in [0.15, 0.2) is 0 Å². The van der Waals surface area contributed by atoms with Crippen LogP contribution < -0.4 is 10.1 Å². The number of urea groups is 1. The molecule has 3 aromatic rings. The molecule has 1 aromatic heterocycles. The van der Waals surface area contributed by atoms with Gasteiger partial charge in [0, 0.05) is 54.4 Å². The Morgan fingerprint density at radius 1 is 1.10 bits per heavy atom. The van der Waals surface area contributed by atoms with Gasteiger partial charge in [-0.05, 0) is 36.4 Å². The minimum atomic E-state index is -0.0708. The van der Waals surface area contributed by atoms with Crippen LogP contribution in [0.1, 0.15) is 5.69 Å². The first kappa shape index (κ1) is 20.7. The molecule has 0 atom stereocenters. The van der Waals surface area contributed by atoms with E-state index >= 15 is 0 Å². The van der Waals surface area contributed by atoms with Crippen molar-refractivity contribution in [1.29, 1.82) is 0 Å². The molecule has 2 aromatic carbocycles. The number of hydrogen-bond acceptors (Lipinski definition) is 5. The van der Waals surface area contributed by atoms with Crippen LogP contribution in [0.3, 0.4) is 0 Å². The number of anilines is 1. The van der Waals surface area contributed by atoms with Gasteiger partial charge in [-0.2, -0.15) is 0 Å². The number of hydrogen-bond donors (Lipinski definition) is 1. The molecule has 0 saturated carbocycles. The fourth-order valence-corrected chi connectivity index (χ4v) is 4.26. The average Bonchev–Trinajstić information content (AvgIpc) is 3.23. The zero-order chi connectivity index (χ0) is 20.9. The Kier molecular flexibility index (Phi) is 6.52. The molecule has 8 heteroatoms. The number of carbonyl (C=O) groups excluding carboxylic acids is 1. The van der Waals surface area contributed by atoms with Gasteiger partial charge in [-0.1, -0.05) is 23.7 Å². The first-order valence-corrected chi connectivity index (χ1v) is 11.0. The van der Waals surface area contributed by atoms with Crippen LogP contribution in [0.5, 0.6) is 5.75 Å². The van der Waals surface area contributed by atoms with E-state index in [2.05, 4.69) is 15.6 Å². The fourth-order valence-electron chi connectivity index (χ4n) is 3.32. The van der Waals surface area contributed by atoms with Gasteiger partial charge in [-0.3, -0.25) is 4.90 Å². The third kappa shape index (κ3) is 5.11. The molecule has 0 unspecified atom stereocenters. The molecule has 1 N–H and O–H groups in total. The number of nitrogens with zero attached hydrogens (tertiary/aromatic N) is 3. The second kappa shape index (κ2) is 9.47. The van der Waals surface area contributed by atoms with Crippen molar-refractivity contribution in [2.24, 2.45) is 0 Å². The number of amides is 2. The lowest BCUT2D eigenvalue weighted by molar-refractivity contribution is 0.142. The molecule has 0 bridgehead atoms. The lowest BCUT2D eigenvalue weighted by atomic mass is 10.2. The Balaban J connectivity index is 1.27. The van der Waals surface area contributed by atoms with Crippen LogP contribution in [0.2, 0.25) is 5.02 Å². The summed E-state index contributed by atoms with van der Waals surface area (Å²) in [5.74, 6) is 0.767. The summed E-state index contributed by atoms with van der Waals surface area (Å²) >= 11 is 7.61. The molecule has 2 amide bonds. The van der Waals surface area contributed by atoms with Crippen molar-refractivity contribution in [2.45, 2.75) is 6.54 Å². The van der Waals surface area contributed by atoms with Crippen molar-refractivity contribution in [1.82, 2.24) is 14.8 Å². The van der Waals surface area contributed by atoms with Gasteiger partial charge in [0.25, 0.3) is 0 Å². The zero-order valence-electron chi connectivity index (χ0n) is 16.7. The molecule has 6 nitrogen and oxygen atoms in total. The highest BCUT2D eigenvalue weighted by atomic mass is 35.5. The Hall–Kier alpha value is -2.61. The van der Waals surface area contributed by atoms with E-state index in [1.54, 1.807) is 18.4 Å². The van der Waals surface area contributed by atoms with Crippen LogP contribution in [0.4, 0.5) is 10.5 Å². The summed E-state index contributed by atoms with van der Waals surface area (Å²) in [6.45, 7) is 3.82. The van der Waals surface area contributed by atoms with Crippen LogP contribution in [0, 0.1) is 0 Å². The summed E-state index contributed by atoms with van der Waals surface area (Å²) in [6.07, 6.45) is 0. The van der Waals surface area contributed by atoms with Crippen LogP contribution in [0.15, 0.2) is 53.9 Å². The smallest absolute Gasteiger partial charge is 0.321 e. The van der Waals surface area contributed by atoms with E-state index in [0.29, 0.717) is 13.1 Å². The third-order valence-corrected chi connectivity index (χ3v) is 6.22. The Labute approximate surface area is 185 Å². The van der Waals surface area contributed by atoms with E-state index < -0.39 is 0 Å². The third-order valence-electron chi connectivity index (χ3n) is 5.03. The SMILES string of the molecule is COc1ccc(NC(=O)N2CCN(Cc3csc(-c4ccc(Cl)cc4)n3)CC2)cc1. The maximum absolute atomic E-state index is 12.5. The number of aromatic nitrogens is 1. The van der Waals surface area contributed by atoms with E-state index in [1.165, 1.54) is 0 Å². The largest absolute Gasteiger partial charge is 0.497 e. The lowest BCUT2D eigenvalue weighted by Gasteiger charge is -2.34. The van der Waals surface area contributed by atoms with Crippen molar-refractivity contribution in [2.75, 3.05) is 38.6 Å². The molecule has 30 heavy (non-hydrogen) atoms. The lowest BCUT2D eigenvalue weighted by Crippen LogP contribution is -2.49. The summed E-state index contributed by atoms with van der Waals surface area (Å²) < 4.78 is 5.14. The highest BCUT2D eigenvalue weighted by Gasteiger charge is 2.22. The van der Waals surface area contributed by atoms with Gasteiger partial charge >= 0.3 is 6.03 Å². The Morgan fingerprint density at radius 2 is 1.80 bits per heavy atom. The highest BCUT2D eigenvalue weighted by Crippen LogP contribution is 2.26. The number of halogens is 1. The normalized spacial score (nSPS) is 14.5. The number of piperazine rings is 1. The van der Waals surface area contributed by atoms with Crippen molar-refractivity contribution in [3.8, 4) is 16.3 Å². The average molecular weight is 443 g/mol. The molecule has 156 valence electrons. The topological polar surface area (TPSA) is 57.7 Å². The van der Waals surface area contributed by atoms with Crippen LogP contribution in [-0.2, 0) is 6.54 Å². The molecule has 0 aliphatic carbocycles. The quantitative estimate of drug-likeness (QED) is 0.615. The minimum Gasteiger partial charge on any atom is -0.497 e. The zero-order valence-corrected chi connectivity index (χ0v) is 18.2. The van der Waals surface area contributed by atoms with E-state index in [0.717, 1.165) is 52.4 Å². The van der Waals surface area contributed by atoms with Crippen LogP contribution in [-0.4, -0.2) is 54.1 Å². The fraction of sp³-hybridized carbons (Fsp3) is 0.273. The Bertz CT molecular complexity index is 983. The van der Waals surface area contributed by atoms with Crippen molar-refractivity contribution in [3.63, 3.8) is 0 Å². The van der Waals surface area contributed by atoms with Gasteiger partial charge in [-0.15, -0.1) is 11.3 Å². The summed E-state index contributed by atoms with van der Waals surface area (Å²) in [7, 11) is 1.62. The van der Waals surface area contributed by atoms with E-state index in [1.807, 2.05) is 53.4 Å². The first-order chi connectivity index (χ1) is 14.6. The molecular weight excluding hydrogens is 420 g/mol. The van der Waals surface area contributed by atoms with Crippen LogP contribution >= 0.6 is 22.9 Å². The maximum atomic E-state index is 12.5. The monoisotopic (exact) mass is 442 g/mol. The summed E-state index contributed by atoms with van der Waals surface area (Å²) in [4.78, 5) is 21.5. The number of rotatable bonds is 5. The number of nitrogens with one attached hydrogen (secondary N) is 1. The second-order valence-corrected chi connectivity index (χ2v) is 8.37. The van der Waals surface area contributed by atoms with Gasteiger partial charge in [0.05, 0.1) is 12.8 Å². The number of benzene rings is 2. The van der Waals surface area contributed by atoms with E-state index in [9.17, 15) is 4.79 Å². The van der Waals surface area contributed by atoms with E-state index in [-0.39, 0.29) is 6.03 Å². The summed E-state index contributed by atoms with van der Waals surface area (Å²) in [6, 6.07) is 15.0. The molecule has 4 rings (SSSR count). The first-order valence-electron chi connectivity index (χ1n) is 9.73. The van der Waals surface area contributed by atoms with Crippen molar-refractivity contribution in [3.05, 3.63) is 64.6 Å². The molecule has 1 aliphatic rings. The van der Waals surface area contributed by atoms with Crippen LogP contribution in [0.25, 0.3) is 10.6 Å². The van der Waals surface area contributed by atoms with Gasteiger partial charge in [-0.25, -0.2) is 9.78 Å². The maximum Gasteiger partial charge on any atom is 0.321 e. The molecular formula is C22H23ClN4O2S. The number of carbonyl (C=O) groups is 1. The standard InChI is InChI=1S/C22H23ClN4O2S/c1-29-20-8-6-18(7-9-20)25-22(28)27-12-10-26(11-13-27)14-19-15-30-21(24-19)16-2-4-17(23)5-3-16/h2-9,15H,10-14H2,1H3,(H,25,28). The minimum absolute atomic E-state index is 0.0708. The molecule has 1 saturated heterocycles. The number of thiazole rings is 1. The van der Waals surface area contributed by atoms with Gasteiger partial charge < -0.3 is 15.0 Å². The van der Waals surface area contributed by atoms with E-state index in [4.69, 9.17) is 21.3 Å². The van der Waals surface area contributed by atoms with Crippen molar-refractivity contribution < 1.29 is 9.53 Å².